The van der Waals surface area contributed by atoms with E-state index in [-0.39, 0.29) is 17.1 Å². The van der Waals surface area contributed by atoms with Gasteiger partial charge in [0.15, 0.2) is 5.69 Å². The fraction of sp³-hybridized carbons (Fsp3) is 0.158. The van der Waals surface area contributed by atoms with Crippen molar-refractivity contribution in [2.45, 2.75) is 19.8 Å². The number of aliphatic imine (C=N–C) groups is 1. The molecule has 1 aromatic heterocycles. The Balaban J connectivity index is 1.99. The van der Waals surface area contributed by atoms with Gasteiger partial charge in [0.1, 0.15) is 22.6 Å². The molecule has 24 heavy (non-hydrogen) atoms. The van der Waals surface area contributed by atoms with E-state index in [1.807, 2.05) is 43.4 Å². The second kappa shape index (κ2) is 5.32. The molecule has 0 spiro atoms. The molecule has 0 saturated carbocycles. The maximum absolute atomic E-state index is 13.0. The largest absolute Gasteiger partial charge is 0.872 e. The van der Waals surface area contributed by atoms with Gasteiger partial charge in [-0.25, -0.2) is 0 Å². The van der Waals surface area contributed by atoms with Gasteiger partial charge >= 0.3 is 0 Å². The standard InChI is InChI=1S/C19H16N2O3/c1-10(2)18-16(19-20-13-5-3-4-6-14(13)21-19)17(23)12-8-7-11(22)9-15(12)24-18/h3-10,22H,1-2H3,(H,20,21). The van der Waals surface area contributed by atoms with Gasteiger partial charge in [-0.1, -0.05) is 32.0 Å². The first-order chi connectivity index (χ1) is 11.5. The lowest BCUT2D eigenvalue weighted by atomic mass is 10.0. The molecule has 1 aliphatic rings. The molecule has 0 fully saturated rings. The minimum atomic E-state index is -0.176. The van der Waals surface area contributed by atoms with Gasteiger partial charge in [0.05, 0.1) is 5.39 Å². The molecule has 2 N–H and O–H groups in total. The first-order valence-electron chi connectivity index (χ1n) is 7.85. The Morgan fingerprint density at radius 2 is 1.96 bits per heavy atom. The van der Waals surface area contributed by atoms with E-state index in [0.29, 0.717) is 28.1 Å². The van der Waals surface area contributed by atoms with Gasteiger partial charge in [-0.15, -0.1) is 5.75 Å². The van der Waals surface area contributed by atoms with Gasteiger partial charge in [-0.05, 0) is 18.2 Å². The molecule has 0 atom stereocenters. The van der Waals surface area contributed by atoms with Crippen LogP contribution in [0.4, 0.5) is 11.4 Å². The lowest BCUT2D eigenvalue weighted by molar-refractivity contribution is -0.437. The molecule has 0 unspecified atom stereocenters. The van der Waals surface area contributed by atoms with Gasteiger partial charge in [0, 0.05) is 12.0 Å². The van der Waals surface area contributed by atoms with Crippen LogP contribution >= 0.6 is 0 Å². The molecule has 0 saturated heterocycles. The van der Waals surface area contributed by atoms with Crippen LogP contribution in [0.15, 0.2) is 56.7 Å². The smallest absolute Gasteiger partial charge is 0.245 e. The number of rotatable bonds is 2. The highest BCUT2D eigenvalue weighted by Crippen LogP contribution is 2.28. The molecule has 5 nitrogen and oxygen atoms in total. The minimum Gasteiger partial charge on any atom is -0.872 e. The lowest BCUT2D eigenvalue weighted by Crippen LogP contribution is -2.81. The second-order valence-electron chi connectivity index (χ2n) is 6.18. The summed E-state index contributed by atoms with van der Waals surface area (Å²) >= 11 is 0. The third-order valence-corrected chi connectivity index (χ3v) is 4.14. The van der Waals surface area contributed by atoms with E-state index in [1.165, 1.54) is 18.2 Å². The van der Waals surface area contributed by atoms with Crippen LogP contribution in [-0.2, 0) is 0 Å². The molecule has 0 radical (unpaired) electrons. The molecule has 5 heteroatoms. The Hall–Kier alpha value is -2.92. The van der Waals surface area contributed by atoms with E-state index in [9.17, 15) is 9.90 Å². The molecular formula is C19H16N2O3. The van der Waals surface area contributed by atoms with Crippen molar-refractivity contribution >= 4 is 28.2 Å². The van der Waals surface area contributed by atoms with Crippen molar-refractivity contribution in [3.8, 4) is 5.75 Å². The van der Waals surface area contributed by atoms with Crippen LogP contribution in [0.2, 0.25) is 0 Å². The summed E-state index contributed by atoms with van der Waals surface area (Å²) < 4.78 is 5.93. The molecule has 4 rings (SSSR count). The number of para-hydroxylation sites is 2. The molecule has 1 aliphatic heterocycles. The number of hydrogen-bond donors (Lipinski definition) is 1. The Bertz CT molecular complexity index is 1050. The highest BCUT2D eigenvalue weighted by Gasteiger charge is 2.29. The first-order valence-corrected chi connectivity index (χ1v) is 7.85. The van der Waals surface area contributed by atoms with Gasteiger partial charge in [-0.2, -0.15) is 4.99 Å². The quantitative estimate of drug-likeness (QED) is 0.735. The van der Waals surface area contributed by atoms with Crippen LogP contribution in [0.25, 0.3) is 11.0 Å². The summed E-state index contributed by atoms with van der Waals surface area (Å²) in [7, 11) is 0. The van der Waals surface area contributed by atoms with Gasteiger partial charge in [-0.3, -0.25) is 10.1 Å². The minimum absolute atomic E-state index is 0.00720. The van der Waals surface area contributed by atoms with Crippen LogP contribution in [0, 0.1) is 0 Å². The molecule has 0 bridgehead atoms. The molecule has 120 valence electrons. The summed E-state index contributed by atoms with van der Waals surface area (Å²) in [6.45, 7) is 3.91. The number of quaternary nitrogens is 1. The summed E-state index contributed by atoms with van der Waals surface area (Å²) in [5, 5.41) is 13.9. The van der Waals surface area contributed by atoms with Crippen molar-refractivity contribution in [1.82, 2.24) is 0 Å². The van der Waals surface area contributed by atoms with Crippen molar-refractivity contribution in [3.63, 3.8) is 0 Å². The Kier molecular flexibility index (Phi) is 3.25. The third-order valence-electron chi connectivity index (χ3n) is 4.14. The van der Waals surface area contributed by atoms with Gasteiger partial charge in [0.25, 0.3) is 0 Å². The molecule has 2 aromatic carbocycles. The second-order valence-corrected chi connectivity index (χ2v) is 6.18. The number of hydrogen-bond acceptors (Lipinski definition) is 4. The molecule has 0 amide bonds. The number of amidine groups is 1. The topological polar surface area (TPSA) is 82.2 Å². The Labute approximate surface area is 138 Å². The van der Waals surface area contributed by atoms with E-state index in [0.717, 1.165) is 11.4 Å². The number of fused-ring (bicyclic) bond motifs is 2. The summed E-state index contributed by atoms with van der Waals surface area (Å²) in [6, 6.07) is 12.0. The summed E-state index contributed by atoms with van der Waals surface area (Å²) in [5.74, 6) is 0.986. The Morgan fingerprint density at radius 3 is 2.71 bits per heavy atom. The van der Waals surface area contributed by atoms with Crippen LogP contribution in [0.3, 0.4) is 0 Å². The van der Waals surface area contributed by atoms with Crippen LogP contribution < -0.4 is 15.9 Å². The highest BCUT2D eigenvalue weighted by atomic mass is 16.3. The summed E-state index contributed by atoms with van der Waals surface area (Å²) in [6.07, 6.45) is 0. The maximum Gasteiger partial charge on any atom is 0.245 e. The predicted octanol–water partition coefficient (Wildman–Crippen LogP) is 2.28. The van der Waals surface area contributed by atoms with E-state index in [2.05, 4.69) is 4.99 Å². The fourth-order valence-electron chi connectivity index (χ4n) is 2.99. The lowest BCUT2D eigenvalue weighted by Gasteiger charge is -2.12. The third kappa shape index (κ3) is 2.21. The molecule has 0 aliphatic carbocycles. The zero-order chi connectivity index (χ0) is 16.8. The highest BCUT2D eigenvalue weighted by molar-refractivity contribution is 6.00. The number of nitrogens with two attached hydrogens (primary N) is 1. The summed E-state index contributed by atoms with van der Waals surface area (Å²) in [4.78, 5) is 17.6. The van der Waals surface area contributed by atoms with Crippen molar-refractivity contribution in [3.05, 3.63) is 64.0 Å². The van der Waals surface area contributed by atoms with Gasteiger partial charge < -0.3 is 9.52 Å². The van der Waals surface area contributed by atoms with Crippen LogP contribution in [-0.4, -0.2) is 5.84 Å². The zero-order valence-electron chi connectivity index (χ0n) is 13.4. The molecule has 3 aromatic rings. The van der Waals surface area contributed by atoms with Crippen molar-refractivity contribution in [2.24, 2.45) is 4.99 Å². The van der Waals surface area contributed by atoms with Gasteiger partial charge in [0.2, 0.25) is 11.3 Å². The fourth-order valence-corrected chi connectivity index (χ4v) is 2.99. The van der Waals surface area contributed by atoms with Crippen molar-refractivity contribution in [2.75, 3.05) is 0 Å². The number of benzene rings is 2. The first kappa shape index (κ1) is 14.7. The van der Waals surface area contributed by atoms with Crippen molar-refractivity contribution in [1.29, 1.82) is 0 Å². The van der Waals surface area contributed by atoms with E-state index < -0.39 is 0 Å². The van der Waals surface area contributed by atoms with Crippen molar-refractivity contribution < 1.29 is 14.8 Å². The van der Waals surface area contributed by atoms with E-state index in [1.54, 1.807) is 0 Å². The normalized spacial score (nSPS) is 13.4. The molecule has 2 heterocycles. The average molecular weight is 320 g/mol. The Morgan fingerprint density at radius 1 is 1.17 bits per heavy atom. The average Bonchev–Trinajstić information content (AvgIpc) is 2.97. The van der Waals surface area contributed by atoms with E-state index >= 15 is 0 Å². The maximum atomic E-state index is 13.0. The molecular weight excluding hydrogens is 304 g/mol. The van der Waals surface area contributed by atoms with Crippen LogP contribution in [0.5, 0.6) is 5.75 Å². The zero-order valence-corrected chi connectivity index (χ0v) is 13.4. The van der Waals surface area contributed by atoms with Crippen LogP contribution in [0.1, 0.15) is 31.1 Å². The SMILES string of the molecule is CC(C)c1oc2cc([O-])ccc2c(=O)c1C1=Nc2ccccc2[NH2+]1. The number of nitrogens with zero attached hydrogens (tertiary/aromatic N) is 1. The van der Waals surface area contributed by atoms with E-state index in [4.69, 9.17) is 4.42 Å². The predicted molar refractivity (Wildman–Crippen MR) is 90.2 cm³/mol. The summed E-state index contributed by atoms with van der Waals surface area (Å²) in [5.41, 5.74) is 2.49. The monoisotopic (exact) mass is 320 g/mol.